The van der Waals surface area contributed by atoms with Gasteiger partial charge in [-0.1, -0.05) is 19.1 Å². The maximum atomic E-state index is 13.4. The van der Waals surface area contributed by atoms with Crippen molar-refractivity contribution in [1.29, 1.82) is 0 Å². The van der Waals surface area contributed by atoms with Gasteiger partial charge in [-0.15, -0.1) is 0 Å². The van der Waals surface area contributed by atoms with Gasteiger partial charge in [0, 0.05) is 18.6 Å². The predicted molar refractivity (Wildman–Crippen MR) is 92.2 cm³/mol. The zero-order chi connectivity index (χ0) is 18.0. The summed E-state index contributed by atoms with van der Waals surface area (Å²) in [4.78, 5) is 27.8. The summed E-state index contributed by atoms with van der Waals surface area (Å²) in [6.07, 6.45) is 1.37. The Kier molecular flexibility index (Phi) is 4.56. The van der Waals surface area contributed by atoms with Crippen molar-refractivity contribution in [2.24, 2.45) is 0 Å². The highest BCUT2D eigenvalue weighted by Gasteiger charge is 2.15. The Hall–Kier alpha value is -3.09. The average Bonchev–Trinajstić information content (AvgIpc) is 2.58. The fourth-order valence-electron chi connectivity index (χ4n) is 2.76. The lowest BCUT2D eigenvalue weighted by Gasteiger charge is -2.13. The molecule has 0 bridgehead atoms. The van der Waals surface area contributed by atoms with E-state index in [1.54, 1.807) is 12.1 Å². The van der Waals surface area contributed by atoms with Gasteiger partial charge in [-0.05, 0) is 30.2 Å². The lowest BCUT2D eigenvalue weighted by molar-refractivity contribution is -0.384. The molecule has 0 aliphatic rings. The summed E-state index contributed by atoms with van der Waals surface area (Å²) in [5.74, 6) is 0.199. The summed E-state index contributed by atoms with van der Waals surface area (Å²) in [5.41, 5.74) is 0.536. The van der Waals surface area contributed by atoms with Gasteiger partial charge in [0.25, 0.3) is 11.2 Å². The zero-order valence-corrected chi connectivity index (χ0v) is 13.6. The standard InChI is InChI=1S/C18H16FN3O3/c1-2-4-17-20-16-8-7-14(22(24)25)10-15(16)18(23)21(17)11-12-5-3-6-13(19)9-12/h3,5-10H,2,4,11H2,1H3. The van der Waals surface area contributed by atoms with E-state index >= 15 is 0 Å². The minimum absolute atomic E-state index is 0.160. The molecule has 3 aromatic rings. The Morgan fingerprint density at radius 3 is 2.72 bits per heavy atom. The molecular formula is C18H16FN3O3. The molecule has 0 aliphatic heterocycles. The largest absolute Gasteiger partial charge is 0.292 e. The van der Waals surface area contributed by atoms with Gasteiger partial charge in [0.2, 0.25) is 0 Å². The summed E-state index contributed by atoms with van der Waals surface area (Å²) < 4.78 is 14.9. The fraction of sp³-hybridized carbons (Fsp3) is 0.222. The van der Waals surface area contributed by atoms with Gasteiger partial charge in [0.1, 0.15) is 11.6 Å². The molecule has 6 nitrogen and oxygen atoms in total. The Balaban J connectivity index is 2.19. The first-order valence-corrected chi connectivity index (χ1v) is 7.92. The highest BCUT2D eigenvalue weighted by Crippen LogP contribution is 2.18. The number of fused-ring (bicyclic) bond motifs is 1. The SMILES string of the molecule is CCCc1nc2ccc([N+](=O)[O-])cc2c(=O)n1Cc1cccc(F)c1. The molecule has 0 aliphatic carbocycles. The van der Waals surface area contributed by atoms with Crippen LogP contribution in [0, 0.1) is 15.9 Å². The second-order valence-electron chi connectivity index (χ2n) is 5.76. The van der Waals surface area contributed by atoms with Crippen molar-refractivity contribution in [3.63, 3.8) is 0 Å². The molecule has 0 N–H and O–H groups in total. The first-order valence-electron chi connectivity index (χ1n) is 7.92. The zero-order valence-electron chi connectivity index (χ0n) is 13.6. The van der Waals surface area contributed by atoms with Gasteiger partial charge in [-0.2, -0.15) is 0 Å². The highest BCUT2D eigenvalue weighted by atomic mass is 19.1. The van der Waals surface area contributed by atoms with Crippen molar-refractivity contribution in [1.82, 2.24) is 9.55 Å². The molecule has 0 unspecified atom stereocenters. The van der Waals surface area contributed by atoms with E-state index in [2.05, 4.69) is 4.98 Å². The summed E-state index contributed by atoms with van der Waals surface area (Å²) in [6.45, 7) is 2.14. The van der Waals surface area contributed by atoms with E-state index in [4.69, 9.17) is 0 Å². The number of nitro benzene ring substituents is 1. The van der Waals surface area contributed by atoms with E-state index in [1.165, 1.54) is 34.9 Å². The van der Waals surface area contributed by atoms with E-state index in [1.807, 2.05) is 6.92 Å². The second-order valence-corrected chi connectivity index (χ2v) is 5.76. The molecule has 3 rings (SSSR count). The topological polar surface area (TPSA) is 78.0 Å². The predicted octanol–water partition coefficient (Wildman–Crippen LogP) is 3.44. The Morgan fingerprint density at radius 2 is 2.04 bits per heavy atom. The summed E-state index contributed by atoms with van der Waals surface area (Å²) >= 11 is 0. The molecule has 2 aromatic carbocycles. The van der Waals surface area contributed by atoms with Gasteiger partial charge >= 0.3 is 0 Å². The maximum absolute atomic E-state index is 13.4. The first-order chi connectivity index (χ1) is 12.0. The average molecular weight is 341 g/mol. The van der Waals surface area contributed by atoms with Crippen molar-refractivity contribution in [2.45, 2.75) is 26.3 Å². The molecule has 0 saturated heterocycles. The van der Waals surface area contributed by atoms with E-state index < -0.39 is 4.92 Å². The van der Waals surface area contributed by atoms with E-state index in [0.717, 1.165) is 6.42 Å². The number of nitro groups is 1. The van der Waals surface area contributed by atoms with Crippen LogP contribution in [0.1, 0.15) is 24.7 Å². The molecule has 0 saturated carbocycles. The van der Waals surface area contributed by atoms with Gasteiger partial charge in [0.15, 0.2) is 0 Å². The molecule has 7 heteroatoms. The van der Waals surface area contributed by atoms with Crippen LogP contribution in [0.4, 0.5) is 10.1 Å². The Morgan fingerprint density at radius 1 is 1.24 bits per heavy atom. The van der Waals surface area contributed by atoms with E-state index in [-0.39, 0.29) is 29.0 Å². The molecule has 0 radical (unpaired) electrons. The van der Waals surface area contributed by atoms with Crippen molar-refractivity contribution in [3.8, 4) is 0 Å². The molecule has 0 amide bonds. The van der Waals surface area contributed by atoms with Crippen molar-refractivity contribution >= 4 is 16.6 Å². The fourth-order valence-corrected chi connectivity index (χ4v) is 2.76. The number of benzene rings is 2. The molecule has 25 heavy (non-hydrogen) atoms. The molecule has 1 heterocycles. The highest BCUT2D eigenvalue weighted by molar-refractivity contribution is 5.80. The minimum atomic E-state index is -0.546. The quantitative estimate of drug-likeness (QED) is 0.526. The van der Waals surface area contributed by atoms with Crippen molar-refractivity contribution < 1.29 is 9.31 Å². The third-order valence-corrected chi connectivity index (χ3v) is 3.93. The molecule has 128 valence electrons. The lowest BCUT2D eigenvalue weighted by atomic mass is 10.1. The first kappa shape index (κ1) is 16.8. The number of nitrogens with zero attached hydrogens (tertiary/aromatic N) is 3. The molecular weight excluding hydrogens is 325 g/mol. The number of hydrogen-bond donors (Lipinski definition) is 0. The molecule has 0 fully saturated rings. The number of hydrogen-bond acceptors (Lipinski definition) is 4. The van der Waals surface area contributed by atoms with Gasteiger partial charge in [-0.3, -0.25) is 19.5 Å². The second kappa shape index (κ2) is 6.80. The maximum Gasteiger partial charge on any atom is 0.270 e. The number of rotatable bonds is 5. The van der Waals surface area contributed by atoms with Crippen LogP contribution in [-0.4, -0.2) is 14.5 Å². The number of aryl methyl sites for hydroxylation is 1. The van der Waals surface area contributed by atoms with Gasteiger partial charge < -0.3 is 0 Å². The van der Waals surface area contributed by atoms with Crippen molar-refractivity contribution in [3.05, 3.63) is 80.1 Å². The van der Waals surface area contributed by atoms with Crippen LogP contribution in [0.15, 0.2) is 47.3 Å². The molecule has 1 aromatic heterocycles. The van der Waals surface area contributed by atoms with Gasteiger partial charge in [0.05, 0.1) is 22.4 Å². The molecule has 0 spiro atoms. The van der Waals surface area contributed by atoms with Crippen LogP contribution in [0.25, 0.3) is 10.9 Å². The monoisotopic (exact) mass is 341 g/mol. The Labute approximate surface area is 142 Å². The lowest BCUT2D eigenvalue weighted by Crippen LogP contribution is -2.26. The number of halogens is 1. The van der Waals surface area contributed by atoms with Crippen LogP contribution in [0.5, 0.6) is 0 Å². The third-order valence-electron chi connectivity index (χ3n) is 3.93. The number of non-ortho nitro benzene ring substituents is 1. The van der Waals surface area contributed by atoms with Crippen LogP contribution in [-0.2, 0) is 13.0 Å². The summed E-state index contributed by atoms with van der Waals surface area (Å²) in [6, 6.07) is 10.1. The number of aromatic nitrogens is 2. The van der Waals surface area contributed by atoms with E-state index in [0.29, 0.717) is 23.3 Å². The normalized spacial score (nSPS) is 11.0. The van der Waals surface area contributed by atoms with Crippen molar-refractivity contribution in [2.75, 3.05) is 0 Å². The van der Waals surface area contributed by atoms with Gasteiger partial charge in [-0.25, -0.2) is 9.37 Å². The summed E-state index contributed by atoms with van der Waals surface area (Å²) in [7, 11) is 0. The van der Waals surface area contributed by atoms with E-state index in [9.17, 15) is 19.3 Å². The smallest absolute Gasteiger partial charge is 0.270 e. The molecule has 0 atom stereocenters. The van der Waals surface area contributed by atoms with Crippen LogP contribution >= 0.6 is 0 Å². The van der Waals surface area contributed by atoms with Crippen LogP contribution < -0.4 is 5.56 Å². The third kappa shape index (κ3) is 3.40. The summed E-state index contributed by atoms with van der Waals surface area (Å²) in [5, 5.41) is 11.2. The van der Waals surface area contributed by atoms with Crippen LogP contribution in [0.2, 0.25) is 0 Å². The Bertz CT molecular complexity index is 1010. The van der Waals surface area contributed by atoms with Crippen LogP contribution in [0.3, 0.4) is 0 Å². The minimum Gasteiger partial charge on any atom is -0.292 e.